The number of aryl methyl sites for hydroxylation is 3. The van der Waals surface area contributed by atoms with E-state index in [0.717, 1.165) is 29.8 Å². The van der Waals surface area contributed by atoms with E-state index in [4.69, 9.17) is 9.29 Å². The molecule has 180 valence electrons. The number of rotatable bonds is 10. The molecule has 1 atom stereocenters. The second-order valence-electron chi connectivity index (χ2n) is 8.04. The molecule has 4 N–H and O–H groups in total. The molecule has 3 aromatic rings. The van der Waals surface area contributed by atoms with Gasteiger partial charge in [-0.15, -0.1) is 0 Å². The molecule has 0 aliphatic carbocycles. The van der Waals surface area contributed by atoms with Crippen molar-refractivity contribution in [2.24, 2.45) is 0 Å². The van der Waals surface area contributed by atoms with Gasteiger partial charge < -0.3 is 15.2 Å². The first-order valence-electron chi connectivity index (χ1n) is 10.8. The van der Waals surface area contributed by atoms with E-state index in [1.54, 1.807) is 18.3 Å². The normalized spacial score (nSPS) is 12.2. The number of hydrogen-bond donors (Lipinski definition) is 4. The molecule has 0 spiro atoms. The van der Waals surface area contributed by atoms with E-state index in [1.165, 1.54) is 17.7 Å². The third-order valence-corrected chi connectivity index (χ3v) is 5.56. The van der Waals surface area contributed by atoms with Crippen molar-refractivity contribution in [1.82, 2.24) is 15.5 Å². The molecule has 0 saturated heterocycles. The van der Waals surface area contributed by atoms with Crippen LogP contribution >= 0.6 is 0 Å². The number of aliphatic hydroxyl groups is 1. The Hall–Kier alpha value is -2.72. The summed E-state index contributed by atoms with van der Waals surface area (Å²) in [5, 5.41) is 19.9. The minimum Gasteiger partial charge on any atom is -0.491 e. The van der Waals surface area contributed by atoms with Gasteiger partial charge in [-0.05, 0) is 55.7 Å². The molecule has 1 unspecified atom stereocenters. The van der Waals surface area contributed by atoms with Crippen LogP contribution in [-0.4, -0.2) is 53.6 Å². The first-order valence-corrected chi connectivity index (χ1v) is 12.2. The van der Waals surface area contributed by atoms with Gasteiger partial charge in [0.15, 0.2) is 0 Å². The quantitative estimate of drug-likeness (QED) is 0.332. The van der Waals surface area contributed by atoms with Crippen LogP contribution in [-0.2, 0) is 23.0 Å². The number of aliphatic hydroxyl groups excluding tert-OH is 1. The molecule has 1 aromatic heterocycles. The van der Waals surface area contributed by atoms with Crippen molar-refractivity contribution in [2.75, 3.05) is 13.2 Å². The van der Waals surface area contributed by atoms with E-state index in [0.29, 0.717) is 19.2 Å². The number of aromatic nitrogens is 2. The van der Waals surface area contributed by atoms with Crippen molar-refractivity contribution in [3.8, 4) is 5.75 Å². The van der Waals surface area contributed by atoms with Crippen LogP contribution in [0.2, 0.25) is 0 Å². The van der Waals surface area contributed by atoms with E-state index in [1.807, 2.05) is 25.1 Å². The Morgan fingerprint density at radius 2 is 1.70 bits per heavy atom. The number of nitrogens with zero attached hydrogens (tertiary/aromatic N) is 1. The van der Waals surface area contributed by atoms with Gasteiger partial charge in [0.1, 0.15) is 18.5 Å². The zero-order valence-corrected chi connectivity index (χ0v) is 20.0. The highest BCUT2D eigenvalue weighted by Crippen LogP contribution is 2.14. The van der Waals surface area contributed by atoms with Crippen molar-refractivity contribution in [2.45, 2.75) is 50.7 Å². The van der Waals surface area contributed by atoms with Crippen molar-refractivity contribution in [3.05, 3.63) is 77.6 Å². The fraction of sp³-hybridized carbons (Fsp3) is 0.375. The molecule has 33 heavy (non-hydrogen) atoms. The van der Waals surface area contributed by atoms with Crippen LogP contribution < -0.4 is 10.1 Å². The summed E-state index contributed by atoms with van der Waals surface area (Å²) in [5.74, 6) is 0.786. The molecule has 0 fully saturated rings. The average Bonchev–Trinajstić information content (AvgIpc) is 3.29. The summed E-state index contributed by atoms with van der Waals surface area (Å²) in [6, 6.07) is 16.4. The van der Waals surface area contributed by atoms with Crippen LogP contribution in [0.15, 0.2) is 65.7 Å². The summed E-state index contributed by atoms with van der Waals surface area (Å²) in [4.78, 5) is -0.0666. The standard InChI is InChI=1S/C17H25N3O2.C7H8O3S/c1-13(2)18-11-16(21)12-22-17-7-4-14(5-8-17)3-6-15-9-10-19-20-15;1-6-2-4-7(5-3-6)11(8,9)10/h4-5,7-10,13,16,18,21H,3,6,11-12H2,1-2H3,(H,19,20);2-5H,1H3,(H,8,9,10). The Morgan fingerprint density at radius 1 is 1.03 bits per heavy atom. The predicted molar refractivity (Wildman–Crippen MR) is 128 cm³/mol. The van der Waals surface area contributed by atoms with E-state index >= 15 is 0 Å². The first-order chi connectivity index (χ1) is 15.6. The second-order valence-corrected chi connectivity index (χ2v) is 9.46. The summed E-state index contributed by atoms with van der Waals surface area (Å²) in [6.07, 6.45) is 3.18. The fourth-order valence-electron chi connectivity index (χ4n) is 2.79. The maximum Gasteiger partial charge on any atom is 0.294 e. The van der Waals surface area contributed by atoms with Crippen molar-refractivity contribution in [1.29, 1.82) is 0 Å². The lowest BCUT2D eigenvalue weighted by molar-refractivity contribution is 0.104. The number of H-pyrrole nitrogens is 1. The van der Waals surface area contributed by atoms with Gasteiger partial charge >= 0.3 is 0 Å². The number of benzene rings is 2. The molecule has 0 saturated carbocycles. The minimum atomic E-state index is -4.02. The lowest BCUT2D eigenvalue weighted by Crippen LogP contribution is -2.35. The van der Waals surface area contributed by atoms with Crippen molar-refractivity contribution >= 4 is 10.1 Å². The number of hydrogen-bond acceptors (Lipinski definition) is 6. The minimum absolute atomic E-state index is 0.0666. The lowest BCUT2D eigenvalue weighted by Gasteiger charge is -2.15. The number of aromatic amines is 1. The van der Waals surface area contributed by atoms with Gasteiger partial charge in [0, 0.05) is 24.5 Å². The summed E-state index contributed by atoms with van der Waals surface area (Å²) in [6.45, 7) is 6.78. The molecular formula is C24H33N3O5S. The Labute approximate surface area is 195 Å². The maximum absolute atomic E-state index is 10.5. The van der Waals surface area contributed by atoms with E-state index in [2.05, 4.69) is 41.5 Å². The molecule has 3 rings (SSSR count). The average molecular weight is 476 g/mol. The Bertz CT molecular complexity index is 1030. The van der Waals surface area contributed by atoms with Crippen molar-refractivity contribution < 1.29 is 22.8 Å². The zero-order valence-electron chi connectivity index (χ0n) is 19.2. The molecule has 0 aliphatic heterocycles. The van der Waals surface area contributed by atoms with Crippen LogP contribution in [0.5, 0.6) is 5.75 Å². The smallest absolute Gasteiger partial charge is 0.294 e. The first kappa shape index (κ1) is 26.5. The molecule has 0 aliphatic rings. The molecule has 9 heteroatoms. The lowest BCUT2D eigenvalue weighted by atomic mass is 10.1. The zero-order chi connectivity index (χ0) is 24.3. The largest absolute Gasteiger partial charge is 0.491 e. The summed E-state index contributed by atoms with van der Waals surface area (Å²) >= 11 is 0. The number of nitrogens with one attached hydrogen (secondary N) is 2. The van der Waals surface area contributed by atoms with Gasteiger partial charge in [-0.25, -0.2) is 0 Å². The van der Waals surface area contributed by atoms with Crippen LogP contribution in [0.3, 0.4) is 0 Å². The predicted octanol–water partition coefficient (Wildman–Crippen LogP) is 3.17. The molecule has 8 nitrogen and oxygen atoms in total. The molecule has 1 heterocycles. The summed E-state index contributed by atoms with van der Waals surface area (Å²) in [5.41, 5.74) is 3.35. The fourth-order valence-corrected chi connectivity index (χ4v) is 3.27. The van der Waals surface area contributed by atoms with Crippen molar-refractivity contribution in [3.63, 3.8) is 0 Å². The second kappa shape index (κ2) is 13.1. The van der Waals surface area contributed by atoms with E-state index in [-0.39, 0.29) is 4.90 Å². The van der Waals surface area contributed by atoms with E-state index < -0.39 is 16.2 Å². The van der Waals surface area contributed by atoms with Gasteiger partial charge in [-0.3, -0.25) is 9.65 Å². The van der Waals surface area contributed by atoms with Gasteiger partial charge in [0.2, 0.25) is 0 Å². The third kappa shape index (κ3) is 10.6. The monoisotopic (exact) mass is 475 g/mol. The molecule has 0 radical (unpaired) electrons. The van der Waals surface area contributed by atoms with E-state index in [9.17, 15) is 13.5 Å². The highest BCUT2D eigenvalue weighted by atomic mass is 32.2. The SMILES string of the molecule is CC(C)NCC(O)COc1ccc(CCc2ccn[nH]2)cc1.Cc1ccc(S(=O)(=O)O)cc1. The molecule has 2 aromatic carbocycles. The summed E-state index contributed by atoms with van der Waals surface area (Å²) in [7, 11) is -4.02. The molecule has 0 bridgehead atoms. The topological polar surface area (TPSA) is 125 Å². The van der Waals surface area contributed by atoms with Gasteiger partial charge in [-0.1, -0.05) is 43.7 Å². The maximum atomic E-state index is 10.5. The highest BCUT2D eigenvalue weighted by molar-refractivity contribution is 7.85. The van der Waals surface area contributed by atoms with Gasteiger partial charge in [0.05, 0.1) is 4.90 Å². The van der Waals surface area contributed by atoms with Gasteiger partial charge in [0.25, 0.3) is 10.1 Å². The Balaban J connectivity index is 0.000000294. The van der Waals surface area contributed by atoms with Crippen LogP contribution in [0.25, 0.3) is 0 Å². The Morgan fingerprint density at radius 3 is 2.24 bits per heavy atom. The highest BCUT2D eigenvalue weighted by Gasteiger charge is 2.07. The van der Waals surface area contributed by atoms with Crippen LogP contribution in [0.1, 0.15) is 30.7 Å². The molecule has 0 amide bonds. The summed E-state index contributed by atoms with van der Waals surface area (Å²) < 4.78 is 35.2. The van der Waals surface area contributed by atoms with Crippen LogP contribution in [0, 0.1) is 6.92 Å². The Kier molecular flexibility index (Phi) is 10.5. The number of ether oxygens (including phenoxy) is 1. The van der Waals surface area contributed by atoms with Gasteiger partial charge in [-0.2, -0.15) is 13.5 Å². The molecular weight excluding hydrogens is 442 g/mol. The van der Waals surface area contributed by atoms with Crippen LogP contribution in [0.4, 0.5) is 0 Å². The third-order valence-electron chi connectivity index (χ3n) is 4.69.